The number of hydrogen-bond acceptors (Lipinski definition) is 5. The molecular formula is C22H24F3N5O2. The number of H-pyrrole nitrogens is 1. The van der Waals surface area contributed by atoms with Gasteiger partial charge < -0.3 is 10.4 Å². The van der Waals surface area contributed by atoms with Crippen molar-refractivity contribution in [2.75, 3.05) is 13.6 Å². The Kier molecular flexibility index (Phi) is 7.60. The first kappa shape index (κ1) is 23.4. The number of nitrogens with one attached hydrogen (secondary N) is 2. The fourth-order valence-electron chi connectivity index (χ4n) is 3.44. The van der Waals surface area contributed by atoms with Crippen LogP contribution in [-0.2, 0) is 30.8 Å². The van der Waals surface area contributed by atoms with E-state index >= 15 is 0 Å². The average molecular weight is 447 g/mol. The van der Waals surface area contributed by atoms with Gasteiger partial charge in [-0.3, -0.25) is 10.00 Å². The van der Waals surface area contributed by atoms with Crippen LogP contribution in [0.15, 0.2) is 48.5 Å². The van der Waals surface area contributed by atoms with Crippen molar-refractivity contribution in [2.24, 2.45) is 0 Å². The van der Waals surface area contributed by atoms with Crippen LogP contribution < -0.4 is 5.32 Å². The van der Waals surface area contributed by atoms with Crippen LogP contribution in [-0.4, -0.2) is 50.9 Å². The number of nitrogens with zero attached hydrogens (tertiary/aromatic N) is 3. The standard InChI is InChI=1S/C20H23N5.C2HF3O2/c1-25(13-17-9-5-8-16-12-21-11-10-18(16)17)14-19-22-20(24-23-19)15-6-3-2-4-7-15;3-2(4,5)1(6)7/h2-9,21H,10-14H2,1H3,(H,22,23,24);(H,6,7). The maximum atomic E-state index is 10.6. The molecule has 0 radical (unpaired) electrons. The molecule has 1 aliphatic heterocycles. The lowest BCUT2D eigenvalue weighted by Gasteiger charge is -2.23. The molecule has 0 saturated carbocycles. The van der Waals surface area contributed by atoms with Gasteiger partial charge in [-0.15, -0.1) is 0 Å². The maximum Gasteiger partial charge on any atom is 0.490 e. The Balaban J connectivity index is 0.000000360. The molecule has 1 aromatic heterocycles. The summed E-state index contributed by atoms with van der Waals surface area (Å²) in [6, 6.07) is 16.7. The second-order valence-electron chi connectivity index (χ2n) is 7.43. The Morgan fingerprint density at radius 2 is 1.84 bits per heavy atom. The van der Waals surface area contributed by atoms with Gasteiger partial charge in [0.25, 0.3) is 0 Å². The number of aromatic nitrogens is 3. The lowest BCUT2D eigenvalue weighted by molar-refractivity contribution is -0.192. The molecule has 4 rings (SSSR count). The number of fused-ring (bicyclic) bond motifs is 1. The Bertz CT molecular complexity index is 1040. The van der Waals surface area contributed by atoms with E-state index in [1.807, 2.05) is 30.3 Å². The number of alkyl halides is 3. The molecule has 2 heterocycles. The van der Waals surface area contributed by atoms with E-state index in [9.17, 15) is 13.2 Å². The first-order chi connectivity index (χ1) is 15.2. The zero-order chi connectivity index (χ0) is 23.1. The third-order valence-electron chi connectivity index (χ3n) is 4.90. The van der Waals surface area contributed by atoms with Crippen molar-refractivity contribution in [1.29, 1.82) is 0 Å². The molecule has 2 aromatic carbocycles. The average Bonchev–Trinajstić information content (AvgIpc) is 3.23. The summed E-state index contributed by atoms with van der Waals surface area (Å²) in [5, 5.41) is 18.0. The molecule has 10 heteroatoms. The van der Waals surface area contributed by atoms with Crippen molar-refractivity contribution in [3.8, 4) is 11.4 Å². The van der Waals surface area contributed by atoms with E-state index < -0.39 is 12.1 Å². The molecule has 3 aromatic rings. The molecule has 3 N–H and O–H groups in total. The largest absolute Gasteiger partial charge is 0.490 e. The van der Waals surface area contributed by atoms with E-state index in [4.69, 9.17) is 9.90 Å². The summed E-state index contributed by atoms with van der Waals surface area (Å²) in [5.41, 5.74) is 5.40. The van der Waals surface area contributed by atoms with Crippen molar-refractivity contribution in [1.82, 2.24) is 25.4 Å². The minimum atomic E-state index is -5.08. The van der Waals surface area contributed by atoms with Crippen molar-refractivity contribution in [3.63, 3.8) is 0 Å². The molecule has 0 unspecified atom stereocenters. The van der Waals surface area contributed by atoms with Gasteiger partial charge in [0.1, 0.15) is 5.82 Å². The minimum Gasteiger partial charge on any atom is -0.475 e. The normalized spacial score (nSPS) is 13.3. The number of rotatable bonds is 5. The number of carboxylic acids is 1. The number of benzene rings is 2. The van der Waals surface area contributed by atoms with Gasteiger partial charge in [-0.2, -0.15) is 18.3 Å². The number of aliphatic carboxylic acids is 1. The predicted octanol–water partition coefficient (Wildman–Crippen LogP) is 3.38. The molecule has 0 spiro atoms. The molecule has 0 saturated heterocycles. The third kappa shape index (κ3) is 6.38. The molecule has 7 nitrogen and oxygen atoms in total. The topological polar surface area (TPSA) is 94.1 Å². The number of hydrogen-bond donors (Lipinski definition) is 3. The van der Waals surface area contributed by atoms with Crippen LogP contribution >= 0.6 is 0 Å². The number of carbonyl (C=O) groups is 1. The van der Waals surface area contributed by atoms with Crippen molar-refractivity contribution in [3.05, 3.63) is 71.0 Å². The monoisotopic (exact) mass is 447 g/mol. The Hall–Kier alpha value is -3.24. The van der Waals surface area contributed by atoms with Crippen LogP contribution in [0.25, 0.3) is 11.4 Å². The zero-order valence-corrected chi connectivity index (χ0v) is 17.5. The smallest absolute Gasteiger partial charge is 0.475 e. The zero-order valence-electron chi connectivity index (χ0n) is 17.5. The van der Waals surface area contributed by atoms with Crippen LogP contribution in [0.1, 0.15) is 22.5 Å². The van der Waals surface area contributed by atoms with Gasteiger partial charge in [0.05, 0.1) is 6.54 Å². The molecule has 170 valence electrons. The minimum absolute atomic E-state index is 0.752. The van der Waals surface area contributed by atoms with E-state index in [0.717, 1.165) is 49.8 Å². The fraction of sp³-hybridized carbons (Fsp3) is 0.318. The van der Waals surface area contributed by atoms with Gasteiger partial charge in [-0.1, -0.05) is 48.5 Å². The molecule has 0 atom stereocenters. The number of aromatic amines is 1. The fourth-order valence-corrected chi connectivity index (χ4v) is 3.44. The SMILES string of the molecule is CN(Cc1nc(-c2ccccc2)n[nH]1)Cc1cccc2c1CCNC2.O=C(O)C(F)(F)F. The van der Waals surface area contributed by atoms with E-state index in [2.05, 4.69) is 50.6 Å². The summed E-state index contributed by atoms with van der Waals surface area (Å²) >= 11 is 0. The van der Waals surface area contributed by atoms with E-state index in [1.54, 1.807) is 0 Å². The highest BCUT2D eigenvalue weighted by Crippen LogP contribution is 2.20. The van der Waals surface area contributed by atoms with Gasteiger partial charge in [0, 0.05) is 18.7 Å². The van der Waals surface area contributed by atoms with Gasteiger partial charge in [-0.25, -0.2) is 9.78 Å². The molecule has 0 fully saturated rings. The maximum absolute atomic E-state index is 10.6. The highest BCUT2D eigenvalue weighted by molar-refractivity contribution is 5.73. The van der Waals surface area contributed by atoms with Gasteiger partial charge in [0.2, 0.25) is 0 Å². The van der Waals surface area contributed by atoms with Crippen molar-refractivity contribution in [2.45, 2.75) is 32.2 Å². The predicted molar refractivity (Wildman–Crippen MR) is 113 cm³/mol. The molecular weight excluding hydrogens is 423 g/mol. The first-order valence-corrected chi connectivity index (χ1v) is 9.99. The van der Waals surface area contributed by atoms with Crippen LogP contribution in [0.5, 0.6) is 0 Å². The van der Waals surface area contributed by atoms with E-state index in [-0.39, 0.29) is 0 Å². The Morgan fingerprint density at radius 3 is 2.53 bits per heavy atom. The quantitative estimate of drug-likeness (QED) is 0.555. The highest BCUT2D eigenvalue weighted by atomic mass is 19.4. The highest BCUT2D eigenvalue weighted by Gasteiger charge is 2.38. The molecule has 0 aliphatic carbocycles. The summed E-state index contributed by atoms with van der Waals surface area (Å²) in [6.45, 7) is 3.72. The molecule has 32 heavy (non-hydrogen) atoms. The first-order valence-electron chi connectivity index (χ1n) is 9.99. The molecule has 0 amide bonds. The Morgan fingerprint density at radius 1 is 1.12 bits per heavy atom. The van der Waals surface area contributed by atoms with E-state index in [1.165, 1.54) is 16.7 Å². The Labute approximate surface area is 183 Å². The summed E-state index contributed by atoms with van der Waals surface area (Å²) in [7, 11) is 2.13. The van der Waals surface area contributed by atoms with Crippen molar-refractivity contribution < 1.29 is 23.1 Å². The van der Waals surface area contributed by atoms with Crippen LogP contribution in [0.4, 0.5) is 13.2 Å². The van der Waals surface area contributed by atoms with Gasteiger partial charge >= 0.3 is 12.1 Å². The van der Waals surface area contributed by atoms with Gasteiger partial charge in [-0.05, 0) is 36.7 Å². The summed E-state index contributed by atoms with van der Waals surface area (Å²) in [5.74, 6) is -1.10. The van der Waals surface area contributed by atoms with Crippen LogP contribution in [0.2, 0.25) is 0 Å². The summed E-state index contributed by atoms with van der Waals surface area (Å²) in [6.07, 6.45) is -3.97. The molecule has 1 aliphatic rings. The van der Waals surface area contributed by atoms with Crippen LogP contribution in [0, 0.1) is 0 Å². The lowest BCUT2D eigenvalue weighted by atomic mass is 9.95. The van der Waals surface area contributed by atoms with Crippen molar-refractivity contribution >= 4 is 5.97 Å². The third-order valence-corrected chi connectivity index (χ3v) is 4.90. The summed E-state index contributed by atoms with van der Waals surface area (Å²) in [4.78, 5) is 15.8. The number of carboxylic acid groups (broad SMARTS) is 1. The second kappa shape index (κ2) is 10.4. The summed E-state index contributed by atoms with van der Waals surface area (Å²) < 4.78 is 31.7. The second-order valence-corrected chi connectivity index (χ2v) is 7.43. The van der Waals surface area contributed by atoms with E-state index in [0.29, 0.717) is 0 Å². The van der Waals surface area contributed by atoms with Gasteiger partial charge in [0.15, 0.2) is 5.82 Å². The van der Waals surface area contributed by atoms with Crippen LogP contribution in [0.3, 0.4) is 0 Å². The molecule has 0 bridgehead atoms. The lowest BCUT2D eigenvalue weighted by Crippen LogP contribution is -2.26. The number of halogens is 3.